The van der Waals surface area contributed by atoms with Gasteiger partial charge in [0.05, 0.1) is 17.6 Å². The van der Waals surface area contributed by atoms with E-state index in [9.17, 15) is 0 Å². The van der Waals surface area contributed by atoms with Crippen LogP contribution < -0.4 is 11.1 Å². The van der Waals surface area contributed by atoms with Gasteiger partial charge in [-0.05, 0) is 31.2 Å². The molecule has 0 atom stereocenters. The number of nitrogens with zero attached hydrogens (tertiary/aromatic N) is 2. The number of benzene rings is 1. The Kier molecular flexibility index (Phi) is 2.79. The largest absolute Gasteiger partial charge is 0.465 e. The van der Waals surface area contributed by atoms with Crippen molar-refractivity contribution in [2.45, 2.75) is 13.5 Å². The third-order valence-corrected chi connectivity index (χ3v) is 2.82. The number of hydrogen-bond donors (Lipinski definition) is 2. The quantitative estimate of drug-likeness (QED) is 0.751. The summed E-state index contributed by atoms with van der Waals surface area (Å²) in [6, 6.07) is 11.5. The third kappa shape index (κ3) is 2.35. The zero-order valence-electron chi connectivity index (χ0n) is 10.6. The van der Waals surface area contributed by atoms with Gasteiger partial charge in [-0.25, -0.2) is 9.97 Å². The van der Waals surface area contributed by atoms with E-state index in [1.54, 1.807) is 0 Å². The van der Waals surface area contributed by atoms with Gasteiger partial charge in [0, 0.05) is 0 Å². The van der Waals surface area contributed by atoms with Gasteiger partial charge >= 0.3 is 0 Å². The molecule has 0 amide bonds. The first kappa shape index (κ1) is 11.5. The molecule has 1 aromatic carbocycles. The average molecular weight is 254 g/mol. The predicted molar refractivity (Wildman–Crippen MR) is 74.7 cm³/mol. The molecule has 3 rings (SSSR count). The molecule has 96 valence electrons. The molecule has 0 saturated carbocycles. The van der Waals surface area contributed by atoms with Crippen LogP contribution in [-0.2, 0) is 6.54 Å². The predicted octanol–water partition coefficient (Wildman–Crippen LogP) is 2.73. The van der Waals surface area contributed by atoms with Gasteiger partial charge in [-0.3, -0.25) is 0 Å². The molecule has 19 heavy (non-hydrogen) atoms. The van der Waals surface area contributed by atoms with Gasteiger partial charge in [0.2, 0.25) is 0 Å². The molecule has 0 radical (unpaired) electrons. The van der Waals surface area contributed by atoms with Gasteiger partial charge in [-0.2, -0.15) is 0 Å². The minimum atomic E-state index is 0.391. The summed E-state index contributed by atoms with van der Waals surface area (Å²) in [6.45, 7) is 2.44. The van der Waals surface area contributed by atoms with Crippen LogP contribution >= 0.6 is 0 Å². The molecule has 0 saturated heterocycles. The molecule has 0 bridgehead atoms. The molecule has 0 aliphatic carbocycles. The second-order valence-electron chi connectivity index (χ2n) is 4.31. The van der Waals surface area contributed by atoms with E-state index in [4.69, 9.17) is 10.2 Å². The van der Waals surface area contributed by atoms with E-state index in [1.165, 1.54) is 0 Å². The number of aryl methyl sites for hydroxylation is 1. The summed E-state index contributed by atoms with van der Waals surface area (Å²) in [7, 11) is 0. The molecule has 2 heterocycles. The number of hydrogen-bond acceptors (Lipinski definition) is 5. The number of rotatable bonds is 3. The number of nitrogens with one attached hydrogen (secondary N) is 1. The Morgan fingerprint density at radius 1 is 1.11 bits per heavy atom. The molecular weight excluding hydrogens is 240 g/mol. The van der Waals surface area contributed by atoms with Crippen LogP contribution in [0.3, 0.4) is 0 Å². The fourth-order valence-electron chi connectivity index (χ4n) is 1.89. The maximum atomic E-state index is 5.89. The summed E-state index contributed by atoms with van der Waals surface area (Å²) in [5.74, 6) is 2.69. The third-order valence-electron chi connectivity index (χ3n) is 2.82. The second kappa shape index (κ2) is 4.61. The van der Waals surface area contributed by atoms with Crippen molar-refractivity contribution in [1.82, 2.24) is 9.97 Å². The summed E-state index contributed by atoms with van der Waals surface area (Å²) >= 11 is 0. The van der Waals surface area contributed by atoms with Crippen molar-refractivity contribution in [3.63, 3.8) is 0 Å². The molecule has 2 aromatic heterocycles. The Morgan fingerprint density at radius 2 is 1.84 bits per heavy atom. The van der Waals surface area contributed by atoms with Crippen LogP contribution in [0.25, 0.3) is 11.0 Å². The number of nitrogens with two attached hydrogens (primary N) is 1. The zero-order chi connectivity index (χ0) is 13.2. The highest BCUT2D eigenvalue weighted by Gasteiger charge is 2.06. The van der Waals surface area contributed by atoms with E-state index in [0.29, 0.717) is 18.2 Å². The molecular formula is C14H14N4O. The van der Waals surface area contributed by atoms with Crippen molar-refractivity contribution in [2.24, 2.45) is 0 Å². The minimum Gasteiger partial charge on any atom is -0.465 e. The van der Waals surface area contributed by atoms with Gasteiger partial charge in [0.1, 0.15) is 11.5 Å². The highest BCUT2D eigenvalue weighted by Crippen LogP contribution is 2.19. The smallest absolute Gasteiger partial charge is 0.169 e. The fourth-order valence-corrected chi connectivity index (χ4v) is 1.89. The Balaban J connectivity index is 1.86. The van der Waals surface area contributed by atoms with Crippen molar-refractivity contribution in [3.05, 3.63) is 47.9 Å². The van der Waals surface area contributed by atoms with E-state index in [-0.39, 0.29) is 0 Å². The lowest BCUT2D eigenvalue weighted by atomic mass is 10.3. The summed E-state index contributed by atoms with van der Waals surface area (Å²) < 4.78 is 5.48. The Hall–Kier alpha value is -2.56. The van der Waals surface area contributed by atoms with Crippen LogP contribution in [0.4, 0.5) is 11.6 Å². The van der Waals surface area contributed by atoms with Crippen LogP contribution in [-0.4, -0.2) is 9.97 Å². The first-order chi connectivity index (χ1) is 9.22. The first-order valence-electron chi connectivity index (χ1n) is 6.04. The van der Waals surface area contributed by atoms with Crippen molar-refractivity contribution < 1.29 is 4.42 Å². The topological polar surface area (TPSA) is 77.0 Å². The summed E-state index contributed by atoms with van der Waals surface area (Å²) in [6.07, 6.45) is 0. The van der Waals surface area contributed by atoms with Crippen molar-refractivity contribution in [2.75, 3.05) is 11.1 Å². The highest BCUT2D eigenvalue weighted by molar-refractivity contribution is 5.79. The van der Waals surface area contributed by atoms with E-state index >= 15 is 0 Å². The van der Waals surface area contributed by atoms with Crippen LogP contribution in [0.2, 0.25) is 0 Å². The monoisotopic (exact) mass is 254 g/mol. The lowest BCUT2D eigenvalue weighted by Gasteiger charge is -2.07. The lowest BCUT2D eigenvalue weighted by Crippen LogP contribution is -2.06. The van der Waals surface area contributed by atoms with Gasteiger partial charge in [0.25, 0.3) is 0 Å². The number of para-hydroxylation sites is 2. The van der Waals surface area contributed by atoms with Gasteiger partial charge in [0.15, 0.2) is 11.6 Å². The minimum absolute atomic E-state index is 0.391. The molecule has 3 N–H and O–H groups in total. The summed E-state index contributed by atoms with van der Waals surface area (Å²) in [4.78, 5) is 8.77. The summed E-state index contributed by atoms with van der Waals surface area (Å²) in [5.41, 5.74) is 7.50. The van der Waals surface area contributed by atoms with E-state index < -0.39 is 0 Å². The number of anilines is 2. The standard InChI is InChI=1S/C14H14N4O/c1-9-6-7-10(19-9)8-16-14-13(15)17-11-4-2-3-5-12(11)18-14/h2-7H,8H2,1H3,(H2,15,17)(H,16,18). The van der Waals surface area contributed by atoms with E-state index in [2.05, 4.69) is 15.3 Å². The SMILES string of the molecule is Cc1ccc(CNc2nc3ccccc3nc2N)o1. The van der Waals surface area contributed by atoms with Crippen molar-refractivity contribution >= 4 is 22.7 Å². The van der Waals surface area contributed by atoms with Gasteiger partial charge < -0.3 is 15.5 Å². The Morgan fingerprint density at radius 3 is 2.53 bits per heavy atom. The molecule has 5 heteroatoms. The summed E-state index contributed by atoms with van der Waals surface area (Å²) in [5, 5.41) is 3.14. The van der Waals surface area contributed by atoms with Crippen LogP contribution in [0.5, 0.6) is 0 Å². The van der Waals surface area contributed by atoms with Crippen LogP contribution in [0, 0.1) is 6.92 Å². The number of furan rings is 1. The highest BCUT2D eigenvalue weighted by atomic mass is 16.3. The zero-order valence-corrected chi connectivity index (χ0v) is 10.6. The molecule has 0 aliphatic heterocycles. The molecule has 3 aromatic rings. The number of fused-ring (bicyclic) bond motifs is 1. The second-order valence-corrected chi connectivity index (χ2v) is 4.31. The van der Waals surface area contributed by atoms with E-state index in [1.807, 2.05) is 43.3 Å². The lowest BCUT2D eigenvalue weighted by molar-refractivity contribution is 0.490. The molecule has 5 nitrogen and oxygen atoms in total. The van der Waals surface area contributed by atoms with E-state index in [0.717, 1.165) is 22.6 Å². The Labute approximate surface area is 110 Å². The first-order valence-corrected chi connectivity index (χ1v) is 6.04. The molecule has 0 spiro atoms. The molecule has 0 aliphatic rings. The maximum absolute atomic E-state index is 5.89. The number of nitrogen functional groups attached to an aromatic ring is 1. The fraction of sp³-hybridized carbons (Fsp3) is 0.143. The average Bonchev–Trinajstić information content (AvgIpc) is 2.82. The Bertz CT molecular complexity index is 720. The van der Waals surface area contributed by atoms with Gasteiger partial charge in [-0.15, -0.1) is 0 Å². The molecule has 0 fully saturated rings. The normalized spacial score (nSPS) is 10.8. The van der Waals surface area contributed by atoms with Crippen molar-refractivity contribution in [1.29, 1.82) is 0 Å². The maximum Gasteiger partial charge on any atom is 0.169 e. The van der Waals surface area contributed by atoms with Crippen LogP contribution in [0.1, 0.15) is 11.5 Å². The van der Waals surface area contributed by atoms with Gasteiger partial charge in [-0.1, -0.05) is 12.1 Å². The van der Waals surface area contributed by atoms with Crippen molar-refractivity contribution in [3.8, 4) is 0 Å². The van der Waals surface area contributed by atoms with Crippen LogP contribution in [0.15, 0.2) is 40.8 Å². The molecule has 0 unspecified atom stereocenters. The number of aromatic nitrogens is 2.